The van der Waals surface area contributed by atoms with Gasteiger partial charge < -0.3 is 15.3 Å². The number of benzene rings is 1. The monoisotopic (exact) mass is 315 g/mol. The van der Waals surface area contributed by atoms with Gasteiger partial charge in [-0.05, 0) is 41.9 Å². The Bertz CT molecular complexity index is 457. The molecule has 18 heavy (non-hydrogen) atoms. The first-order valence-electron chi connectivity index (χ1n) is 5.97. The second-order valence-corrected chi connectivity index (χ2v) is 5.60. The Morgan fingerprint density at radius 3 is 2.39 bits per heavy atom. The number of hydrogen-bond donors (Lipinski definition) is 2. The van der Waals surface area contributed by atoms with Gasteiger partial charge in [0.2, 0.25) is 0 Å². The van der Waals surface area contributed by atoms with Gasteiger partial charge in [-0.2, -0.15) is 0 Å². The molecule has 0 heterocycles. The van der Waals surface area contributed by atoms with Gasteiger partial charge in [-0.15, -0.1) is 0 Å². The number of aromatic carboxylic acids is 1. The molecular weight excluding hydrogens is 296 g/mol. The van der Waals surface area contributed by atoms with Crippen molar-refractivity contribution < 1.29 is 14.4 Å². The smallest absolute Gasteiger partial charge is 0.335 e. The Morgan fingerprint density at radius 1 is 1.39 bits per heavy atom. The highest BCUT2D eigenvalue weighted by atomic mass is 79.9. The highest BCUT2D eigenvalue weighted by Crippen LogP contribution is 2.28. The van der Waals surface area contributed by atoms with E-state index in [2.05, 4.69) is 36.8 Å². The van der Waals surface area contributed by atoms with E-state index in [0.717, 1.165) is 29.7 Å². The molecule has 0 spiro atoms. The van der Waals surface area contributed by atoms with Crippen LogP contribution in [0.4, 0.5) is 5.69 Å². The number of anilines is 1. The first-order valence-corrected chi connectivity index (χ1v) is 6.77. The molecule has 0 saturated heterocycles. The molecule has 0 atom stereocenters. The van der Waals surface area contributed by atoms with Gasteiger partial charge in [0.15, 0.2) is 0 Å². The largest absolute Gasteiger partial charge is 0.478 e. The van der Waals surface area contributed by atoms with Gasteiger partial charge in [-0.25, -0.2) is 4.79 Å². The summed E-state index contributed by atoms with van der Waals surface area (Å²) >= 11 is 3.32. The second kappa shape index (κ2) is 5.71. The molecule has 0 unspecified atom stereocenters. The standard InChI is InChI=1S/C13H19BrN2O2/c1-4-16(3,5-2)8-10-6-9(13(17)18)7-11(14)12(10)15/h6-7H,4-5,8,15H2,1-3H3/p+1. The Balaban J connectivity index is 3.19. The molecule has 100 valence electrons. The van der Waals surface area contributed by atoms with E-state index in [1.54, 1.807) is 12.1 Å². The predicted molar refractivity (Wildman–Crippen MR) is 76.5 cm³/mol. The molecule has 0 aromatic heterocycles. The number of halogens is 1. The zero-order valence-electron chi connectivity index (χ0n) is 11.0. The fourth-order valence-electron chi connectivity index (χ4n) is 1.79. The van der Waals surface area contributed by atoms with Crippen molar-refractivity contribution in [3.05, 3.63) is 27.7 Å². The number of carbonyl (C=O) groups is 1. The Morgan fingerprint density at radius 2 is 1.94 bits per heavy atom. The zero-order chi connectivity index (χ0) is 13.9. The van der Waals surface area contributed by atoms with Crippen LogP contribution >= 0.6 is 15.9 Å². The average Bonchev–Trinajstić information content (AvgIpc) is 2.34. The van der Waals surface area contributed by atoms with Gasteiger partial charge in [0.05, 0.1) is 31.4 Å². The van der Waals surface area contributed by atoms with E-state index in [-0.39, 0.29) is 5.56 Å². The van der Waals surface area contributed by atoms with Crippen LogP contribution in [0.2, 0.25) is 0 Å². The summed E-state index contributed by atoms with van der Waals surface area (Å²) < 4.78 is 1.48. The molecule has 5 heteroatoms. The molecule has 4 nitrogen and oxygen atoms in total. The predicted octanol–water partition coefficient (Wildman–Crippen LogP) is 2.72. The van der Waals surface area contributed by atoms with E-state index >= 15 is 0 Å². The van der Waals surface area contributed by atoms with Crippen molar-refractivity contribution in [3.8, 4) is 0 Å². The third-order valence-electron chi connectivity index (χ3n) is 3.54. The van der Waals surface area contributed by atoms with Gasteiger partial charge in [0.1, 0.15) is 6.54 Å². The molecule has 0 aliphatic rings. The van der Waals surface area contributed by atoms with Gasteiger partial charge in [-0.1, -0.05) is 0 Å². The lowest BCUT2D eigenvalue weighted by Gasteiger charge is -2.32. The third-order valence-corrected chi connectivity index (χ3v) is 4.20. The number of quaternary nitrogens is 1. The Hall–Kier alpha value is -1.07. The lowest BCUT2D eigenvalue weighted by molar-refractivity contribution is -0.919. The molecule has 0 aliphatic carbocycles. The van der Waals surface area contributed by atoms with Gasteiger partial charge >= 0.3 is 5.97 Å². The molecule has 0 radical (unpaired) electrons. The summed E-state index contributed by atoms with van der Waals surface area (Å²) in [5.41, 5.74) is 7.80. The number of carboxylic acid groups (broad SMARTS) is 1. The highest BCUT2D eigenvalue weighted by Gasteiger charge is 2.21. The SMILES string of the molecule is CC[N+](C)(CC)Cc1cc(C(=O)O)cc(Br)c1N. The molecule has 1 rings (SSSR count). The first-order chi connectivity index (χ1) is 8.33. The quantitative estimate of drug-likeness (QED) is 0.648. The first kappa shape index (κ1) is 15.0. The molecule has 0 amide bonds. The Labute approximate surface area is 116 Å². The minimum atomic E-state index is -0.931. The molecule has 0 bridgehead atoms. The van der Waals surface area contributed by atoms with Crippen molar-refractivity contribution in [2.75, 3.05) is 25.9 Å². The van der Waals surface area contributed by atoms with Gasteiger partial charge in [0.25, 0.3) is 0 Å². The van der Waals surface area contributed by atoms with Crippen molar-refractivity contribution in [1.82, 2.24) is 0 Å². The maximum absolute atomic E-state index is 11.1. The number of nitrogen functional groups attached to an aromatic ring is 1. The molecule has 1 aromatic carbocycles. The van der Waals surface area contributed by atoms with E-state index in [0.29, 0.717) is 10.2 Å². The van der Waals surface area contributed by atoms with E-state index in [1.807, 2.05) is 0 Å². The van der Waals surface area contributed by atoms with Crippen LogP contribution in [-0.2, 0) is 6.54 Å². The zero-order valence-corrected chi connectivity index (χ0v) is 12.6. The summed E-state index contributed by atoms with van der Waals surface area (Å²) in [6.07, 6.45) is 0. The summed E-state index contributed by atoms with van der Waals surface area (Å²) in [6, 6.07) is 3.22. The van der Waals surface area contributed by atoms with E-state index in [9.17, 15) is 4.79 Å². The molecule has 0 aliphatic heterocycles. The number of nitrogens with two attached hydrogens (primary N) is 1. The maximum Gasteiger partial charge on any atom is 0.335 e. The van der Waals surface area contributed by atoms with Crippen LogP contribution in [0.25, 0.3) is 0 Å². The maximum atomic E-state index is 11.1. The molecule has 0 fully saturated rings. The fourth-order valence-corrected chi connectivity index (χ4v) is 2.29. The minimum absolute atomic E-state index is 0.268. The van der Waals surface area contributed by atoms with Crippen molar-refractivity contribution in [1.29, 1.82) is 0 Å². The van der Waals surface area contributed by atoms with E-state index < -0.39 is 5.97 Å². The molecule has 3 N–H and O–H groups in total. The molecule has 1 aromatic rings. The Kier molecular flexibility index (Phi) is 4.76. The average molecular weight is 316 g/mol. The topological polar surface area (TPSA) is 63.3 Å². The van der Waals surface area contributed by atoms with Crippen LogP contribution < -0.4 is 5.73 Å². The minimum Gasteiger partial charge on any atom is -0.478 e. The van der Waals surface area contributed by atoms with Gasteiger partial charge in [-0.3, -0.25) is 0 Å². The number of nitrogens with zero attached hydrogens (tertiary/aromatic N) is 1. The van der Waals surface area contributed by atoms with Gasteiger partial charge in [0, 0.05) is 10.0 Å². The number of carboxylic acids is 1. The molecule has 0 saturated carbocycles. The van der Waals surface area contributed by atoms with E-state index in [4.69, 9.17) is 10.8 Å². The fraction of sp³-hybridized carbons (Fsp3) is 0.462. The van der Waals surface area contributed by atoms with Crippen molar-refractivity contribution in [2.24, 2.45) is 0 Å². The number of rotatable bonds is 5. The van der Waals surface area contributed by atoms with Crippen molar-refractivity contribution in [3.63, 3.8) is 0 Å². The normalized spacial score (nSPS) is 11.6. The van der Waals surface area contributed by atoms with Crippen LogP contribution in [0, 0.1) is 0 Å². The van der Waals surface area contributed by atoms with Crippen molar-refractivity contribution in [2.45, 2.75) is 20.4 Å². The van der Waals surface area contributed by atoms with Crippen LogP contribution in [0.5, 0.6) is 0 Å². The third kappa shape index (κ3) is 3.23. The van der Waals surface area contributed by atoms with Crippen LogP contribution in [0.3, 0.4) is 0 Å². The summed E-state index contributed by atoms with van der Waals surface area (Å²) in [6.45, 7) is 6.93. The van der Waals surface area contributed by atoms with Crippen LogP contribution in [0.15, 0.2) is 16.6 Å². The summed E-state index contributed by atoms with van der Waals surface area (Å²) in [7, 11) is 2.14. The highest BCUT2D eigenvalue weighted by molar-refractivity contribution is 9.10. The van der Waals surface area contributed by atoms with Crippen LogP contribution in [-0.4, -0.2) is 35.7 Å². The van der Waals surface area contributed by atoms with E-state index in [1.165, 1.54) is 0 Å². The summed E-state index contributed by atoms with van der Waals surface area (Å²) in [4.78, 5) is 11.1. The lowest BCUT2D eigenvalue weighted by atomic mass is 10.1. The number of hydrogen-bond acceptors (Lipinski definition) is 2. The van der Waals surface area contributed by atoms with Crippen LogP contribution in [0.1, 0.15) is 29.8 Å². The lowest BCUT2D eigenvalue weighted by Crippen LogP contribution is -2.42. The summed E-state index contributed by atoms with van der Waals surface area (Å²) in [5.74, 6) is -0.931. The van der Waals surface area contributed by atoms with Crippen molar-refractivity contribution >= 4 is 27.6 Å². The second-order valence-electron chi connectivity index (χ2n) is 4.75. The molecular formula is C13H20BrN2O2+. The summed E-state index contributed by atoms with van der Waals surface area (Å²) in [5, 5.41) is 9.07.